The van der Waals surface area contributed by atoms with Gasteiger partial charge in [0.15, 0.2) is 0 Å². The molecule has 0 unspecified atom stereocenters. The standard InChI is InChI=1S/C14H20F3N3O2S.ClH/c1-9(2)10-7-20(8-12(10)19-23(3,21)22)13-11(14(15,16)17)5-4-6-18-13;/h4-6,9-10,12,19H,7-8H2,1-3H3;1H/t10-,12+;/m1./s1. The van der Waals surface area contributed by atoms with Crippen LogP contribution < -0.4 is 9.62 Å². The fraction of sp³-hybridized carbons (Fsp3) is 0.643. The van der Waals surface area contributed by atoms with Crippen LogP contribution in [0.15, 0.2) is 18.3 Å². The highest BCUT2D eigenvalue weighted by Gasteiger charge is 2.41. The van der Waals surface area contributed by atoms with Crippen LogP contribution in [0.3, 0.4) is 0 Å². The molecule has 5 nitrogen and oxygen atoms in total. The summed E-state index contributed by atoms with van der Waals surface area (Å²) in [5, 5.41) is 0. The van der Waals surface area contributed by atoms with Crippen LogP contribution in [0.4, 0.5) is 19.0 Å². The summed E-state index contributed by atoms with van der Waals surface area (Å²) >= 11 is 0. The van der Waals surface area contributed by atoms with Crippen molar-refractivity contribution in [3.05, 3.63) is 23.9 Å². The monoisotopic (exact) mass is 387 g/mol. The predicted molar refractivity (Wildman–Crippen MR) is 88.8 cm³/mol. The molecule has 0 bridgehead atoms. The van der Waals surface area contributed by atoms with E-state index in [1.807, 2.05) is 13.8 Å². The first kappa shape index (κ1) is 21.0. The van der Waals surface area contributed by atoms with E-state index < -0.39 is 27.8 Å². The maximum Gasteiger partial charge on any atom is 0.419 e. The van der Waals surface area contributed by atoms with E-state index in [9.17, 15) is 21.6 Å². The summed E-state index contributed by atoms with van der Waals surface area (Å²) in [6.45, 7) is 4.34. The lowest BCUT2D eigenvalue weighted by Gasteiger charge is -2.22. The zero-order valence-corrected chi connectivity index (χ0v) is 15.2. The van der Waals surface area contributed by atoms with Crippen LogP contribution in [0.1, 0.15) is 19.4 Å². The summed E-state index contributed by atoms with van der Waals surface area (Å²) in [5.41, 5.74) is -0.803. The number of pyridine rings is 1. The molecular formula is C14H21ClF3N3O2S. The van der Waals surface area contributed by atoms with Crippen LogP contribution in [0.25, 0.3) is 0 Å². The lowest BCUT2D eigenvalue weighted by atomic mass is 9.92. The first-order valence-corrected chi connectivity index (χ1v) is 9.12. The molecule has 0 saturated carbocycles. The van der Waals surface area contributed by atoms with E-state index in [0.717, 1.165) is 12.3 Å². The third-order valence-electron chi connectivity index (χ3n) is 3.98. The Hall–Kier alpha value is -1.06. The van der Waals surface area contributed by atoms with Crippen LogP contribution in [0.2, 0.25) is 0 Å². The van der Waals surface area contributed by atoms with Gasteiger partial charge in [-0.25, -0.2) is 18.1 Å². The Kier molecular flexibility index (Phi) is 6.51. The minimum Gasteiger partial charge on any atom is -0.354 e. The van der Waals surface area contributed by atoms with Crippen LogP contribution in [-0.2, 0) is 16.2 Å². The lowest BCUT2D eigenvalue weighted by molar-refractivity contribution is -0.137. The van der Waals surface area contributed by atoms with E-state index in [-0.39, 0.29) is 36.6 Å². The second kappa shape index (κ2) is 7.45. The predicted octanol–water partition coefficient (Wildman–Crippen LogP) is 2.53. The molecule has 2 rings (SSSR count). The van der Waals surface area contributed by atoms with Crippen molar-refractivity contribution >= 4 is 28.2 Å². The summed E-state index contributed by atoms with van der Waals surface area (Å²) in [5.74, 6) is -0.117. The maximum absolute atomic E-state index is 13.1. The van der Waals surface area contributed by atoms with Crippen LogP contribution in [-0.4, -0.2) is 38.8 Å². The Morgan fingerprint density at radius 2 is 1.96 bits per heavy atom. The van der Waals surface area contributed by atoms with Crippen LogP contribution >= 0.6 is 12.4 Å². The van der Waals surface area contributed by atoms with Gasteiger partial charge in [0, 0.05) is 25.3 Å². The van der Waals surface area contributed by atoms with Crippen molar-refractivity contribution in [3.63, 3.8) is 0 Å². The van der Waals surface area contributed by atoms with Crippen molar-refractivity contribution in [3.8, 4) is 0 Å². The fourth-order valence-corrected chi connectivity index (χ4v) is 3.75. The molecule has 1 aliphatic heterocycles. The molecule has 1 aliphatic rings. The van der Waals surface area contributed by atoms with Crippen molar-refractivity contribution in [1.82, 2.24) is 9.71 Å². The molecule has 1 aromatic heterocycles. The average molecular weight is 388 g/mol. The lowest BCUT2D eigenvalue weighted by Crippen LogP contribution is -2.41. The molecule has 2 atom stereocenters. The number of nitrogens with zero attached hydrogens (tertiary/aromatic N) is 2. The molecular weight excluding hydrogens is 367 g/mol. The van der Waals surface area contributed by atoms with E-state index in [2.05, 4.69) is 9.71 Å². The first-order chi connectivity index (χ1) is 10.5. The summed E-state index contributed by atoms with van der Waals surface area (Å²) in [6.07, 6.45) is -2.14. The van der Waals surface area contributed by atoms with E-state index in [1.54, 1.807) is 0 Å². The molecule has 1 saturated heterocycles. The smallest absolute Gasteiger partial charge is 0.354 e. The Bertz CT molecular complexity index is 667. The number of halogens is 4. The number of nitrogens with one attached hydrogen (secondary N) is 1. The van der Waals surface area contributed by atoms with Gasteiger partial charge in [-0.3, -0.25) is 0 Å². The topological polar surface area (TPSA) is 62.3 Å². The second-order valence-corrected chi connectivity index (χ2v) is 7.96. The highest BCUT2D eigenvalue weighted by Crippen LogP contribution is 2.37. The molecule has 0 radical (unpaired) electrons. The number of aromatic nitrogens is 1. The van der Waals surface area contributed by atoms with Crippen molar-refractivity contribution in [2.24, 2.45) is 11.8 Å². The molecule has 10 heteroatoms. The molecule has 0 aliphatic carbocycles. The summed E-state index contributed by atoms with van der Waals surface area (Å²) in [6, 6.07) is 1.80. The Morgan fingerprint density at radius 1 is 1.33 bits per heavy atom. The van der Waals surface area contributed by atoms with Crippen LogP contribution in [0, 0.1) is 11.8 Å². The normalized spacial score (nSPS) is 21.9. The number of anilines is 1. The molecule has 1 N–H and O–H groups in total. The summed E-state index contributed by atoms with van der Waals surface area (Å²) < 4.78 is 65.0. The van der Waals surface area contributed by atoms with Crippen LogP contribution in [0.5, 0.6) is 0 Å². The molecule has 0 spiro atoms. The van der Waals surface area contributed by atoms with Gasteiger partial charge in [0.05, 0.1) is 11.8 Å². The molecule has 0 aromatic carbocycles. The van der Waals surface area contributed by atoms with Gasteiger partial charge in [0.1, 0.15) is 5.82 Å². The molecule has 0 amide bonds. The van der Waals surface area contributed by atoms with Gasteiger partial charge in [-0.2, -0.15) is 13.2 Å². The van der Waals surface area contributed by atoms with Gasteiger partial charge >= 0.3 is 6.18 Å². The number of rotatable bonds is 4. The number of hydrogen-bond acceptors (Lipinski definition) is 4. The largest absolute Gasteiger partial charge is 0.419 e. The molecule has 138 valence electrons. The van der Waals surface area contributed by atoms with E-state index >= 15 is 0 Å². The number of hydrogen-bond donors (Lipinski definition) is 1. The Balaban J connectivity index is 0.00000288. The first-order valence-electron chi connectivity index (χ1n) is 7.23. The fourth-order valence-electron chi connectivity index (χ4n) is 2.95. The third-order valence-corrected chi connectivity index (χ3v) is 4.71. The van der Waals surface area contributed by atoms with Gasteiger partial charge < -0.3 is 4.90 Å². The number of alkyl halides is 3. The number of sulfonamides is 1. The van der Waals surface area contributed by atoms with Gasteiger partial charge in [-0.1, -0.05) is 13.8 Å². The zero-order valence-electron chi connectivity index (χ0n) is 13.5. The SMILES string of the molecule is CC(C)[C@H]1CN(c2ncccc2C(F)(F)F)C[C@@H]1NS(C)(=O)=O.Cl. The van der Waals surface area contributed by atoms with Gasteiger partial charge in [0.2, 0.25) is 10.0 Å². The highest BCUT2D eigenvalue weighted by atomic mass is 35.5. The average Bonchev–Trinajstić information content (AvgIpc) is 2.79. The summed E-state index contributed by atoms with van der Waals surface area (Å²) in [7, 11) is -3.44. The summed E-state index contributed by atoms with van der Waals surface area (Å²) in [4.78, 5) is 5.39. The molecule has 2 heterocycles. The van der Waals surface area contributed by atoms with Gasteiger partial charge in [0.25, 0.3) is 0 Å². The van der Waals surface area contributed by atoms with Gasteiger partial charge in [-0.05, 0) is 24.0 Å². The molecule has 1 fully saturated rings. The van der Waals surface area contributed by atoms with E-state index in [1.165, 1.54) is 17.2 Å². The molecule has 24 heavy (non-hydrogen) atoms. The van der Waals surface area contributed by atoms with Gasteiger partial charge in [-0.15, -0.1) is 12.4 Å². The van der Waals surface area contributed by atoms with Crippen molar-refractivity contribution in [2.75, 3.05) is 24.2 Å². The molecule has 1 aromatic rings. The highest BCUT2D eigenvalue weighted by molar-refractivity contribution is 7.88. The van der Waals surface area contributed by atoms with E-state index in [4.69, 9.17) is 0 Å². The van der Waals surface area contributed by atoms with Crippen molar-refractivity contribution < 1.29 is 21.6 Å². The Morgan fingerprint density at radius 3 is 2.46 bits per heavy atom. The Labute approximate surface area is 146 Å². The maximum atomic E-state index is 13.1. The quantitative estimate of drug-likeness (QED) is 0.862. The van der Waals surface area contributed by atoms with Crippen molar-refractivity contribution in [1.29, 1.82) is 0 Å². The minimum absolute atomic E-state index is 0. The zero-order chi connectivity index (χ0) is 17.4. The van der Waals surface area contributed by atoms with E-state index in [0.29, 0.717) is 6.54 Å². The minimum atomic E-state index is -4.50. The second-order valence-electron chi connectivity index (χ2n) is 6.18. The third kappa shape index (κ3) is 4.97. The van der Waals surface area contributed by atoms with Crippen molar-refractivity contribution in [2.45, 2.75) is 26.1 Å².